The van der Waals surface area contributed by atoms with Gasteiger partial charge in [-0.3, -0.25) is 14.6 Å². The SMILES string of the molecule is CCN(C/C=C/c1ccccc1)C(=O)C1CC(=O)N(Cc2cccnc2)C1. The fourth-order valence-electron chi connectivity index (χ4n) is 3.32. The van der Waals surface area contributed by atoms with Crippen molar-refractivity contribution in [2.75, 3.05) is 19.6 Å². The second-order valence-electron chi connectivity index (χ2n) is 6.73. The Morgan fingerprint density at radius 1 is 1.26 bits per heavy atom. The van der Waals surface area contributed by atoms with Crippen molar-refractivity contribution in [3.8, 4) is 0 Å². The smallest absolute Gasteiger partial charge is 0.228 e. The Morgan fingerprint density at radius 3 is 2.78 bits per heavy atom. The number of carbonyl (C=O) groups excluding carboxylic acids is 2. The summed E-state index contributed by atoms with van der Waals surface area (Å²) in [5.41, 5.74) is 2.09. The van der Waals surface area contributed by atoms with E-state index in [0.717, 1.165) is 11.1 Å². The highest BCUT2D eigenvalue weighted by Gasteiger charge is 2.35. The highest BCUT2D eigenvalue weighted by molar-refractivity contribution is 5.89. The summed E-state index contributed by atoms with van der Waals surface area (Å²) in [6.45, 7) is 4.14. The van der Waals surface area contributed by atoms with E-state index < -0.39 is 0 Å². The van der Waals surface area contributed by atoms with E-state index in [9.17, 15) is 9.59 Å². The molecule has 1 fully saturated rings. The van der Waals surface area contributed by atoms with Crippen LogP contribution in [0.3, 0.4) is 0 Å². The molecule has 1 aromatic carbocycles. The largest absolute Gasteiger partial charge is 0.339 e. The van der Waals surface area contributed by atoms with E-state index in [4.69, 9.17) is 0 Å². The van der Waals surface area contributed by atoms with Crippen molar-refractivity contribution in [3.05, 3.63) is 72.1 Å². The first-order valence-corrected chi connectivity index (χ1v) is 9.34. The number of hydrogen-bond acceptors (Lipinski definition) is 3. The van der Waals surface area contributed by atoms with Gasteiger partial charge in [0.15, 0.2) is 0 Å². The van der Waals surface area contributed by atoms with Crippen LogP contribution < -0.4 is 0 Å². The van der Waals surface area contributed by atoms with Gasteiger partial charge in [0.2, 0.25) is 11.8 Å². The molecule has 1 aliphatic heterocycles. The monoisotopic (exact) mass is 363 g/mol. The van der Waals surface area contributed by atoms with Crippen LogP contribution in [0.15, 0.2) is 60.9 Å². The van der Waals surface area contributed by atoms with E-state index in [2.05, 4.69) is 4.98 Å². The van der Waals surface area contributed by atoms with Gasteiger partial charge in [0.05, 0.1) is 5.92 Å². The minimum Gasteiger partial charge on any atom is -0.339 e. The maximum atomic E-state index is 12.9. The van der Waals surface area contributed by atoms with Gasteiger partial charge in [0, 0.05) is 45.0 Å². The molecule has 5 heteroatoms. The molecule has 1 aromatic heterocycles. The third-order valence-electron chi connectivity index (χ3n) is 4.79. The van der Waals surface area contributed by atoms with E-state index in [1.165, 1.54) is 0 Å². The zero-order valence-electron chi connectivity index (χ0n) is 15.6. The quantitative estimate of drug-likeness (QED) is 0.760. The van der Waals surface area contributed by atoms with E-state index in [1.807, 2.05) is 66.4 Å². The average molecular weight is 363 g/mol. The molecule has 3 rings (SSSR count). The summed E-state index contributed by atoms with van der Waals surface area (Å²) in [5, 5.41) is 0. The number of likely N-dealkylation sites (N-methyl/N-ethyl adjacent to an activating group) is 1. The average Bonchev–Trinajstić information content (AvgIpc) is 3.07. The zero-order chi connectivity index (χ0) is 19.1. The van der Waals surface area contributed by atoms with E-state index in [-0.39, 0.29) is 24.2 Å². The fraction of sp³-hybridized carbons (Fsp3) is 0.318. The summed E-state index contributed by atoms with van der Waals surface area (Å²) >= 11 is 0. The Balaban J connectivity index is 1.57. The Labute approximate surface area is 160 Å². The lowest BCUT2D eigenvalue weighted by molar-refractivity contribution is -0.135. The molecular formula is C22H25N3O2. The summed E-state index contributed by atoms with van der Waals surface area (Å²) in [6, 6.07) is 13.8. The first-order chi connectivity index (χ1) is 13.2. The second kappa shape index (κ2) is 9.12. The van der Waals surface area contributed by atoms with E-state index in [1.54, 1.807) is 17.3 Å². The molecule has 2 amide bonds. The maximum Gasteiger partial charge on any atom is 0.228 e. The Bertz CT molecular complexity index is 790. The summed E-state index contributed by atoms with van der Waals surface area (Å²) < 4.78 is 0. The molecule has 0 spiro atoms. The lowest BCUT2D eigenvalue weighted by atomic mass is 10.1. The summed E-state index contributed by atoms with van der Waals surface area (Å²) in [5.74, 6) is -0.176. The number of carbonyl (C=O) groups is 2. The van der Waals surface area contributed by atoms with Crippen LogP contribution in [0.4, 0.5) is 0 Å². The molecule has 27 heavy (non-hydrogen) atoms. The van der Waals surface area contributed by atoms with Crippen LogP contribution in [0.25, 0.3) is 6.08 Å². The second-order valence-corrected chi connectivity index (χ2v) is 6.73. The first kappa shape index (κ1) is 18.8. The highest BCUT2D eigenvalue weighted by atomic mass is 16.2. The van der Waals surface area contributed by atoms with E-state index in [0.29, 0.717) is 26.2 Å². The minimum atomic E-state index is -0.265. The molecule has 1 saturated heterocycles. The summed E-state index contributed by atoms with van der Waals surface area (Å²) in [7, 11) is 0. The van der Waals surface area contributed by atoms with Crippen molar-refractivity contribution in [3.63, 3.8) is 0 Å². The van der Waals surface area contributed by atoms with Gasteiger partial charge in [-0.1, -0.05) is 48.6 Å². The van der Waals surface area contributed by atoms with Gasteiger partial charge < -0.3 is 9.80 Å². The van der Waals surface area contributed by atoms with Crippen molar-refractivity contribution >= 4 is 17.9 Å². The molecule has 2 heterocycles. The van der Waals surface area contributed by atoms with Crippen LogP contribution in [0.5, 0.6) is 0 Å². The Morgan fingerprint density at radius 2 is 2.07 bits per heavy atom. The molecule has 0 N–H and O–H groups in total. The molecule has 1 atom stereocenters. The van der Waals surface area contributed by atoms with Crippen LogP contribution in [0.2, 0.25) is 0 Å². The maximum absolute atomic E-state index is 12.9. The number of rotatable bonds is 7. The lowest BCUT2D eigenvalue weighted by Crippen LogP contribution is -2.37. The molecule has 1 aliphatic rings. The molecule has 0 saturated carbocycles. The van der Waals surface area contributed by atoms with Gasteiger partial charge in [-0.2, -0.15) is 0 Å². The van der Waals surface area contributed by atoms with Gasteiger partial charge in [0.1, 0.15) is 0 Å². The number of benzene rings is 1. The molecule has 0 aliphatic carbocycles. The molecular weight excluding hydrogens is 338 g/mol. The van der Waals surface area contributed by atoms with E-state index >= 15 is 0 Å². The lowest BCUT2D eigenvalue weighted by Gasteiger charge is -2.23. The predicted molar refractivity (Wildman–Crippen MR) is 105 cm³/mol. The Kier molecular flexibility index (Phi) is 6.36. The number of pyridine rings is 1. The zero-order valence-corrected chi connectivity index (χ0v) is 15.6. The number of amides is 2. The van der Waals surface area contributed by atoms with Crippen molar-refractivity contribution < 1.29 is 9.59 Å². The molecule has 1 unspecified atom stereocenters. The van der Waals surface area contributed by atoms with Gasteiger partial charge in [-0.25, -0.2) is 0 Å². The predicted octanol–water partition coefficient (Wildman–Crippen LogP) is 2.99. The first-order valence-electron chi connectivity index (χ1n) is 9.34. The number of aromatic nitrogens is 1. The van der Waals surface area contributed by atoms with Crippen LogP contribution in [0.1, 0.15) is 24.5 Å². The van der Waals surface area contributed by atoms with Crippen LogP contribution in [-0.4, -0.2) is 46.2 Å². The number of nitrogens with zero attached hydrogens (tertiary/aromatic N) is 3. The molecule has 140 valence electrons. The molecule has 0 radical (unpaired) electrons. The fourth-order valence-corrected chi connectivity index (χ4v) is 3.32. The molecule has 2 aromatic rings. The van der Waals surface area contributed by atoms with Crippen molar-refractivity contribution in [2.45, 2.75) is 19.9 Å². The Hall–Kier alpha value is -2.95. The van der Waals surface area contributed by atoms with Crippen LogP contribution in [0, 0.1) is 5.92 Å². The summed E-state index contributed by atoms with van der Waals surface area (Å²) in [4.78, 5) is 32.8. The third-order valence-corrected chi connectivity index (χ3v) is 4.79. The van der Waals surface area contributed by atoms with Crippen molar-refractivity contribution in [1.82, 2.24) is 14.8 Å². The number of likely N-dealkylation sites (tertiary alicyclic amines) is 1. The van der Waals surface area contributed by atoms with Gasteiger partial charge in [0.25, 0.3) is 0 Å². The standard InChI is InChI=1S/C22H25N3O2/c1-2-24(13-7-11-18-8-4-3-5-9-18)22(27)20-14-21(26)25(17-20)16-19-10-6-12-23-15-19/h3-12,15,20H,2,13-14,16-17H2,1H3/b11-7+. The molecule has 0 bridgehead atoms. The third kappa shape index (κ3) is 5.03. The normalized spacial score (nSPS) is 16.9. The van der Waals surface area contributed by atoms with Gasteiger partial charge in [-0.15, -0.1) is 0 Å². The minimum absolute atomic E-state index is 0.0353. The number of hydrogen-bond donors (Lipinski definition) is 0. The summed E-state index contributed by atoms with van der Waals surface area (Å²) in [6.07, 6.45) is 7.78. The molecule has 5 nitrogen and oxygen atoms in total. The highest BCUT2D eigenvalue weighted by Crippen LogP contribution is 2.22. The van der Waals surface area contributed by atoms with Crippen LogP contribution >= 0.6 is 0 Å². The van der Waals surface area contributed by atoms with Crippen molar-refractivity contribution in [1.29, 1.82) is 0 Å². The van der Waals surface area contributed by atoms with Gasteiger partial charge in [-0.05, 0) is 24.1 Å². The van der Waals surface area contributed by atoms with Crippen LogP contribution in [-0.2, 0) is 16.1 Å². The topological polar surface area (TPSA) is 53.5 Å². The van der Waals surface area contributed by atoms with Gasteiger partial charge >= 0.3 is 0 Å². The van der Waals surface area contributed by atoms with Crippen molar-refractivity contribution in [2.24, 2.45) is 5.92 Å².